The summed E-state index contributed by atoms with van der Waals surface area (Å²) in [7, 11) is 0. The summed E-state index contributed by atoms with van der Waals surface area (Å²) in [5, 5.41) is 6.20. The highest BCUT2D eigenvalue weighted by Crippen LogP contribution is 2.28. The van der Waals surface area contributed by atoms with Crippen LogP contribution >= 0.6 is 11.6 Å². The van der Waals surface area contributed by atoms with Crippen molar-refractivity contribution in [2.24, 2.45) is 0 Å². The number of nitriles is 1. The normalized spacial score (nSPS) is 14.1. The van der Waals surface area contributed by atoms with E-state index in [0.717, 1.165) is 0 Å². The summed E-state index contributed by atoms with van der Waals surface area (Å²) in [5.41, 5.74) is 0. The van der Waals surface area contributed by atoms with Crippen LogP contribution in [0.5, 0.6) is 0 Å². The molecule has 64 valence electrons. The molecule has 0 saturated carbocycles. The van der Waals surface area contributed by atoms with E-state index in [0.29, 0.717) is 0 Å². The molecule has 0 saturated heterocycles. The summed E-state index contributed by atoms with van der Waals surface area (Å²) in [6.07, 6.45) is -4.20. The molecule has 0 aromatic rings. The van der Waals surface area contributed by atoms with Crippen molar-refractivity contribution in [3.63, 3.8) is 0 Å². The third-order valence-corrected chi connectivity index (χ3v) is 1.57. The van der Waals surface area contributed by atoms with Crippen LogP contribution in [0.4, 0.5) is 13.2 Å². The first-order chi connectivity index (χ1) is 4.98. The Morgan fingerprint density at radius 1 is 1.45 bits per heavy atom. The fraction of sp³-hybridized carbons (Fsp3) is 0.833. The van der Waals surface area contributed by atoms with Gasteiger partial charge in [-0.15, -0.1) is 11.6 Å². The van der Waals surface area contributed by atoms with Crippen molar-refractivity contribution in [1.29, 1.82) is 5.26 Å². The van der Waals surface area contributed by atoms with Gasteiger partial charge in [0.25, 0.3) is 0 Å². The summed E-state index contributed by atoms with van der Waals surface area (Å²) in [5.74, 6) is 0. The molecule has 11 heavy (non-hydrogen) atoms. The molecule has 0 spiro atoms. The Balaban J connectivity index is 3.55. The van der Waals surface area contributed by atoms with Gasteiger partial charge in [0.05, 0.1) is 6.07 Å². The van der Waals surface area contributed by atoms with Gasteiger partial charge in [0.15, 0.2) is 0 Å². The third-order valence-electron chi connectivity index (χ3n) is 1.10. The molecule has 0 aliphatic rings. The van der Waals surface area contributed by atoms with Gasteiger partial charge in [-0.3, -0.25) is 0 Å². The van der Waals surface area contributed by atoms with Gasteiger partial charge < -0.3 is 0 Å². The Morgan fingerprint density at radius 3 is 2.36 bits per heavy atom. The SMILES string of the molecule is N#CCCCC(Cl)C(F)(F)F. The lowest BCUT2D eigenvalue weighted by atomic mass is 10.2. The number of unbranched alkanes of at least 4 members (excludes halogenated alkanes) is 1. The molecule has 0 aromatic carbocycles. The van der Waals surface area contributed by atoms with Crippen LogP contribution in [0.15, 0.2) is 0 Å². The van der Waals surface area contributed by atoms with Gasteiger partial charge in [-0.1, -0.05) is 0 Å². The maximum atomic E-state index is 11.7. The predicted molar refractivity (Wildman–Crippen MR) is 35.2 cm³/mol. The quantitative estimate of drug-likeness (QED) is 0.490. The van der Waals surface area contributed by atoms with E-state index in [1.54, 1.807) is 6.07 Å². The highest BCUT2D eigenvalue weighted by Gasteiger charge is 2.37. The van der Waals surface area contributed by atoms with E-state index in [2.05, 4.69) is 0 Å². The van der Waals surface area contributed by atoms with Gasteiger partial charge in [-0.05, 0) is 12.8 Å². The summed E-state index contributed by atoms with van der Waals surface area (Å²) in [4.78, 5) is 0. The lowest BCUT2D eigenvalue weighted by Gasteiger charge is -2.11. The van der Waals surface area contributed by atoms with Gasteiger partial charge in [-0.25, -0.2) is 0 Å². The number of hydrogen-bond donors (Lipinski definition) is 0. The van der Waals surface area contributed by atoms with Crippen LogP contribution in [0.1, 0.15) is 19.3 Å². The van der Waals surface area contributed by atoms with Crippen LogP contribution in [-0.4, -0.2) is 11.6 Å². The zero-order valence-electron chi connectivity index (χ0n) is 5.66. The van der Waals surface area contributed by atoms with Gasteiger partial charge in [0.2, 0.25) is 0 Å². The predicted octanol–water partition coefficient (Wildman–Crippen LogP) is 2.85. The van der Waals surface area contributed by atoms with Crippen LogP contribution < -0.4 is 0 Å². The molecule has 0 N–H and O–H groups in total. The number of hydrogen-bond acceptors (Lipinski definition) is 1. The minimum atomic E-state index is -4.34. The van der Waals surface area contributed by atoms with Gasteiger partial charge in [0.1, 0.15) is 5.38 Å². The van der Waals surface area contributed by atoms with E-state index < -0.39 is 11.6 Å². The summed E-state index contributed by atoms with van der Waals surface area (Å²) < 4.78 is 35.0. The van der Waals surface area contributed by atoms with Crippen molar-refractivity contribution in [3.8, 4) is 6.07 Å². The van der Waals surface area contributed by atoms with E-state index in [9.17, 15) is 13.2 Å². The van der Waals surface area contributed by atoms with Crippen molar-refractivity contribution < 1.29 is 13.2 Å². The highest BCUT2D eigenvalue weighted by molar-refractivity contribution is 6.21. The first-order valence-electron chi connectivity index (χ1n) is 3.06. The molecule has 1 nitrogen and oxygen atoms in total. The highest BCUT2D eigenvalue weighted by atomic mass is 35.5. The van der Waals surface area contributed by atoms with E-state index in [-0.39, 0.29) is 19.3 Å². The molecule has 0 aromatic heterocycles. The average molecular weight is 186 g/mol. The first-order valence-corrected chi connectivity index (χ1v) is 3.50. The van der Waals surface area contributed by atoms with Crippen molar-refractivity contribution in [2.45, 2.75) is 30.8 Å². The summed E-state index contributed by atoms with van der Waals surface area (Å²) in [6, 6.07) is 1.75. The molecule has 1 atom stereocenters. The molecule has 0 rings (SSSR count). The van der Waals surface area contributed by atoms with Crippen molar-refractivity contribution in [2.75, 3.05) is 0 Å². The molecule has 1 unspecified atom stereocenters. The number of nitrogens with zero attached hydrogens (tertiary/aromatic N) is 1. The molecule has 0 bridgehead atoms. The molecular formula is C6H7ClF3N. The Morgan fingerprint density at radius 2 is 2.00 bits per heavy atom. The Labute approximate surface area is 67.8 Å². The van der Waals surface area contributed by atoms with Crippen molar-refractivity contribution in [1.82, 2.24) is 0 Å². The Bertz CT molecular complexity index is 149. The molecule has 0 aliphatic heterocycles. The van der Waals surface area contributed by atoms with E-state index in [1.807, 2.05) is 0 Å². The molecule has 0 radical (unpaired) electrons. The van der Waals surface area contributed by atoms with E-state index >= 15 is 0 Å². The van der Waals surface area contributed by atoms with Gasteiger partial charge >= 0.3 is 6.18 Å². The zero-order valence-corrected chi connectivity index (χ0v) is 6.41. The zero-order chi connectivity index (χ0) is 8.91. The Kier molecular flexibility index (Phi) is 4.27. The standard InChI is InChI=1S/C6H7ClF3N/c7-5(6(8,9)10)3-1-2-4-11/h5H,1-3H2. The maximum Gasteiger partial charge on any atom is 0.404 e. The van der Waals surface area contributed by atoms with Gasteiger partial charge in [0, 0.05) is 6.42 Å². The summed E-state index contributed by atoms with van der Waals surface area (Å²) in [6.45, 7) is 0. The second kappa shape index (κ2) is 4.45. The van der Waals surface area contributed by atoms with Crippen LogP contribution in [0.2, 0.25) is 0 Å². The monoisotopic (exact) mass is 185 g/mol. The number of alkyl halides is 4. The summed E-state index contributed by atoms with van der Waals surface area (Å²) >= 11 is 4.96. The lowest BCUT2D eigenvalue weighted by Crippen LogP contribution is -2.22. The van der Waals surface area contributed by atoms with Gasteiger partial charge in [-0.2, -0.15) is 18.4 Å². The average Bonchev–Trinajstić information content (AvgIpc) is 1.86. The maximum absolute atomic E-state index is 11.7. The number of halogens is 4. The Hall–Kier alpha value is -0.430. The van der Waals surface area contributed by atoms with Crippen molar-refractivity contribution >= 4 is 11.6 Å². The fourth-order valence-corrected chi connectivity index (χ4v) is 0.678. The molecule has 5 heteroatoms. The smallest absolute Gasteiger partial charge is 0.198 e. The molecular weight excluding hydrogens is 179 g/mol. The van der Waals surface area contributed by atoms with Crippen molar-refractivity contribution in [3.05, 3.63) is 0 Å². The van der Waals surface area contributed by atoms with Crippen LogP contribution in [0.25, 0.3) is 0 Å². The van der Waals surface area contributed by atoms with E-state index in [1.165, 1.54) is 0 Å². The van der Waals surface area contributed by atoms with Crippen LogP contribution in [-0.2, 0) is 0 Å². The second-order valence-electron chi connectivity index (χ2n) is 2.06. The van der Waals surface area contributed by atoms with Crippen LogP contribution in [0, 0.1) is 11.3 Å². The molecule has 0 amide bonds. The van der Waals surface area contributed by atoms with Crippen LogP contribution in [0.3, 0.4) is 0 Å². The third kappa shape index (κ3) is 4.91. The molecule has 0 heterocycles. The first kappa shape index (κ1) is 10.6. The lowest BCUT2D eigenvalue weighted by molar-refractivity contribution is -0.131. The topological polar surface area (TPSA) is 23.8 Å². The second-order valence-corrected chi connectivity index (χ2v) is 2.59. The fourth-order valence-electron chi connectivity index (χ4n) is 0.524. The minimum Gasteiger partial charge on any atom is -0.198 e. The van der Waals surface area contributed by atoms with E-state index in [4.69, 9.17) is 16.9 Å². The minimum absolute atomic E-state index is 0.124. The molecule has 0 aliphatic carbocycles. The largest absolute Gasteiger partial charge is 0.404 e. The number of rotatable bonds is 3. The molecule has 0 fully saturated rings.